The van der Waals surface area contributed by atoms with Crippen molar-refractivity contribution in [2.24, 2.45) is 0 Å². The van der Waals surface area contributed by atoms with Crippen molar-refractivity contribution >= 4 is 58.4 Å². The number of sulfone groups is 1. The molecule has 6 aromatic rings. The first-order valence-electron chi connectivity index (χ1n) is 19.1. The molecule has 0 aliphatic heterocycles. The summed E-state index contributed by atoms with van der Waals surface area (Å²) >= 11 is 0. The molecule has 4 nitrogen and oxygen atoms in total. The molecule has 5 heteroatoms. The number of hydrogen-bond donors (Lipinski definition) is 0. The van der Waals surface area contributed by atoms with Crippen molar-refractivity contribution in [3.63, 3.8) is 0 Å². The summed E-state index contributed by atoms with van der Waals surface area (Å²) < 4.78 is 41.2. The van der Waals surface area contributed by atoms with Gasteiger partial charge in [0.2, 0.25) is 0 Å². The molecular weight excluding hydrogens is 721 g/mol. The third-order valence-electron chi connectivity index (χ3n) is 10.3. The van der Waals surface area contributed by atoms with Crippen molar-refractivity contribution in [1.29, 1.82) is 0 Å². The summed E-state index contributed by atoms with van der Waals surface area (Å²) in [5.74, 6) is 0.914. The molecule has 0 aromatic heterocycles. The SMILES string of the molecule is COc1cc(/C=C/c2ccccc2C)c(CS(=O)(=O)Cc2c(/C=C/c3ccccc3C)cc(OC)cc2/C=C/c2ccccc2C)c(/C=C/c2ccccc2C)c1. The molecule has 0 atom stereocenters. The highest BCUT2D eigenvalue weighted by Crippen LogP contribution is 2.33. The van der Waals surface area contributed by atoms with Crippen LogP contribution in [0, 0.1) is 27.7 Å². The van der Waals surface area contributed by atoms with Crippen molar-refractivity contribution < 1.29 is 17.9 Å². The van der Waals surface area contributed by atoms with Crippen LogP contribution in [-0.2, 0) is 21.3 Å². The van der Waals surface area contributed by atoms with Crippen molar-refractivity contribution in [3.8, 4) is 11.5 Å². The lowest BCUT2D eigenvalue weighted by atomic mass is 9.98. The van der Waals surface area contributed by atoms with Crippen molar-refractivity contribution in [3.05, 3.63) is 199 Å². The lowest BCUT2D eigenvalue weighted by Gasteiger charge is -2.17. The van der Waals surface area contributed by atoms with E-state index in [4.69, 9.17) is 9.47 Å². The van der Waals surface area contributed by atoms with E-state index in [0.717, 1.165) is 66.8 Å². The van der Waals surface area contributed by atoms with Crippen LogP contribution in [0.25, 0.3) is 48.6 Å². The first kappa shape index (κ1) is 40.5. The first-order chi connectivity index (χ1) is 27.5. The molecule has 0 fully saturated rings. The molecule has 0 unspecified atom stereocenters. The van der Waals surface area contributed by atoms with E-state index < -0.39 is 9.84 Å². The number of benzene rings is 6. The molecule has 57 heavy (non-hydrogen) atoms. The summed E-state index contributed by atoms with van der Waals surface area (Å²) in [5.41, 5.74) is 13.2. The molecule has 288 valence electrons. The molecule has 0 saturated heterocycles. The Morgan fingerprint density at radius 1 is 0.386 bits per heavy atom. The van der Waals surface area contributed by atoms with Crippen LogP contribution in [0.2, 0.25) is 0 Å². The van der Waals surface area contributed by atoms with Crippen molar-refractivity contribution in [1.82, 2.24) is 0 Å². The van der Waals surface area contributed by atoms with Crippen LogP contribution in [0.5, 0.6) is 11.5 Å². The lowest BCUT2D eigenvalue weighted by molar-refractivity contribution is 0.414. The fraction of sp³-hybridized carbons (Fsp3) is 0.154. The van der Waals surface area contributed by atoms with E-state index in [2.05, 4.69) is 76.2 Å². The van der Waals surface area contributed by atoms with E-state index >= 15 is 0 Å². The average molecular weight is 771 g/mol. The molecule has 6 rings (SSSR count). The smallest absolute Gasteiger partial charge is 0.158 e. The topological polar surface area (TPSA) is 52.6 Å². The minimum atomic E-state index is -3.80. The summed E-state index contributed by atoms with van der Waals surface area (Å²) in [6, 6.07) is 40.3. The lowest BCUT2D eigenvalue weighted by Crippen LogP contribution is -2.12. The Balaban J connectivity index is 1.49. The number of rotatable bonds is 14. The zero-order chi connectivity index (χ0) is 40.4. The molecular formula is C52H50O4S. The minimum Gasteiger partial charge on any atom is -0.497 e. The van der Waals surface area contributed by atoms with E-state index in [-0.39, 0.29) is 11.5 Å². The van der Waals surface area contributed by atoms with Crippen LogP contribution in [0.4, 0.5) is 0 Å². The first-order valence-corrected chi connectivity index (χ1v) is 20.9. The Kier molecular flexibility index (Phi) is 13.2. The second-order valence-electron chi connectivity index (χ2n) is 14.4. The second kappa shape index (κ2) is 18.6. The maximum atomic E-state index is 14.8. The van der Waals surface area contributed by atoms with E-state index in [1.165, 1.54) is 0 Å². The maximum absolute atomic E-state index is 14.8. The molecule has 0 aliphatic carbocycles. The Bertz CT molecular complexity index is 2280. The fourth-order valence-electron chi connectivity index (χ4n) is 6.85. The summed E-state index contributed by atoms with van der Waals surface area (Å²) in [6.45, 7) is 8.27. The van der Waals surface area contributed by atoms with Crippen LogP contribution in [0.15, 0.2) is 121 Å². The van der Waals surface area contributed by atoms with Gasteiger partial charge in [-0.05, 0) is 130 Å². The van der Waals surface area contributed by atoms with Crippen LogP contribution in [-0.4, -0.2) is 22.6 Å². The molecule has 0 saturated carbocycles. The summed E-state index contributed by atoms with van der Waals surface area (Å²) in [4.78, 5) is 0. The highest BCUT2D eigenvalue weighted by Gasteiger charge is 2.22. The molecule has 0 heterocycles. The van der Waals surface area contributed by atoms with E-state index in [0.29, 0.717) is 22.6 Å². The zero-order valence-corrected chi connectivity index (χ0v) is 34.4. The van der Waals surface area contributed by atoms with Crippen molar-refractivity contribution in [2.45, 2.75) is 39.2 Å². The van der Waals surface area contributed by atoms with Gasteiger partial charge in [0.1, 0.15) is 11.5 Å². The monoisotopic (exact) mass is 770 g/mol. The minimum absolute atomic E-state index is 0.189. The van der Waals surface area contributed by atoms with Gasteiger partial charge in [0.25, 0.3) is 0 Å². The van der Waals surface area contributed by atoms with Crippen LogP contribution in [0.3, 0.4) is 0 Å². The highest BCUT2D eigenvalue weighted by molar-refractivity contribution is 7.89. The summed E-state index contributed by atoms with van der Waals surface area (Å²) in [6.07, 6.45) is 16.2. The summed E-state index contributed by atoms with van der Waals surface area (Å²) in [7, 11) is -0.527. The van der Waals surface area contributed by atoms with Crippen LogP contribution < -0.4 is 9.47 Å². The molecule has 0 bridgehead atoms. The van der Waals surface area contributed by atoms with Gasteiger partial charge in [0.15, 0.2) is 9.84 Å². The molecule has 0 radical (unpaired) electrons. The molecule has 0 aliphatic rings. The van der Waals surface area contributed by atoms with E-state index in [1.54, 1.807) is 14.2 Å². The predicted octanol–water partition coefficient (Wildman–Crippen LogP) is 12.7. The van der Waals surface area contributed by atoms with Gasteiger partial charge < -0.3 is 9.47 Å². The predicted molar refractivity (Wildman–Crippen MR) is 243 cm³/mol. The largest absolute Gasteiger partial charge is 0.497 e. The molecule has 0 spiro atoms. The van der Waals surface area contributed by atoms with Gasteiger partial charge in [-0.15, -0.1) is 0 Å². The Morgan fingerprint density at radius 2 is 0.614 bits per heavy atom. The fourth-order valence-corrected chi connectivity index (χ4v) is 8.49. The van der Waals surface area contributed by atoms with Gasteiger partial charge >= 0.3 is 0 Å². The van der Waals surface area contributed by atoms with Crippen LogP contribution >= 0.6 is 0 Å². The Morgan fingerprint density at radius 3 is 0.842 bits per heavy atom. The number of aryl methyl sites for hydroxylation is 4. The number of methoxy groups -OCH3 is 2. The summed E-state index contributed by atoms with van der Waals surface area (Å²) in [5, 5.41) is 0. The van der Waals surface area contributed by atoms with Crippen molar-refractivity contribution in [2.75, 3.05) is 14.2 Å². The standard InChI is InChI=1S/C52H50O4S/c1-37-15-7-11-19-41(37)23-27-45-31-49(55-5)32-46(28-24-42-20-12-8-16-38(42)2)51(45)35-57(53,54)36-52-47(29-25-43-21-13-9-17-39(43)3)33-50(56-6)34-48(52)30-26-44-22-14-10-18-40(44)4/h7-34H,35-36H2,1-6H3/b27-23+,28-24+,29-25+,30-26+. The third kappa shape index (κ3) is 10.6. The van der Waals surface area contributed by atoms with E-state index in [1.807, 2.05) is 121 Å². The second-order valence-corrected chi connectivity index (χ2v) is 16.4. The Labute approximate surface area is 339 Å². The van der Waals surface area contributed by atoms with Gasteiger partial charge in [-0.2, -0.15) is 0 Å². The molecule has 6 aromatic carbocycles. The van der Waals surface area contributed by atoms with Gasteiger partial charge in [0.05, 0.1) is 25.7 Å². The zero-order valence-electron chi connectivity index (χ0n) is 33.6. The normalized spacial score (nSPS) is 12.0. The number of hydrogen-bond acceptors (Lipinski definition) is 4. The number of ether oxygens (including phenoxy) is 2. The quantitative estimate of drug-likeness (QED) is 0.104. The third-order valence-corrected chi connectivity index (χ3v) is 11.8. The van der Waals surface area contributed by atoms with Gasteiger partial charge in [0, 0.05) is 0 Å². The van der Waals surface area contributed by atoms with Gasteiger partial charge in [-0.3, -0.25) is 0 Å². The highest BCUT2D eigenvalue weighted by atomic mass is 32.2. The Hall–Kier alpha value is -6.17. The van der Waals surface area contributed by atoms with E-state index in [9.17, 15) is 8.42 Å². The van der Waals surface area contributed by atoms with Gasteiger partial charge in [-0.1, -0.05) is 146 Å². The maximum Gasteiger partial charge on any atom is 0.158 e. The average Bonchev–Trinajstić information content (AvgIpc) is 3.20. The molecule has 0 amide bonds. The van der Waals surface area contributed by atoms with Crippen LogP contribution in [0.1, 0.15) is 77.9 Å². The van der Waals surface area contributed by atoms with Gasteiger partial charge in [-0.25, -0.2) is 8.42 Å². The molecule has 0 N–H and O–H groups in total.